The van der Waals surface area contributed by atoms with Crippen molar-refractivity contribution in [3.05, 3.63) is 32.4 Å². The van der Waals surface area contributed by atoms with Gasteiger partial charge in [-0.1, -0.05) is 11.6 Å². The first-order valence-electron chi connectivity index (χ1n) is 6.75. The maximum Gasteiger partial charge on any atom is 0.312 e. The predicted octanol–water partition coefficient (Wildman–Crippen LogP) is 2.47. The summed E-state index contributed by atoms with van der Waals surface area (Å²) >= 11 is 8.20. The Kier molecular flexibility index (Phi) is 5.69. The molecule has 0 saturated carbocycles. The predicted molar refractivity (Wildman–Crippen MR) is 90.4 cm³/mol. The van der Waals surface area contributed by atoms with Gasteiger partial charge >= 0.3 is 6.03 Å². The molecule has 1 aliphatic heterocycles. The lowest BCUT2D eigenvalue weighted by atomic mass is 9.97. The van der Waals surface area contributed by atoms with Crippen molar-refractivity contribution in [1.82, 2.24) is 10.2 Å². The van der Waals surface area contributed by atoms with E-state index in [2.05, 4.69) is 27.9 Å². The van der Waals surface area contributed by atoms with Gasteiger partial charge in [0.25, 0.3) is 5.91 Å². The molecule has 114 valence electrons. The smallest absolute Gasteiger partial charge is 0.312 e. The second-order valence-corrected chi connectivity index (χ2v) is 6.70. The van der Waals surface area contributed by atoms with Crippen molar-refractivity contribution in [2.75, 3.05) is 19.6 Å². The summed E-state index contributed by atoms with van der Waals surface area (Å²) in [6.45, 7) is 1.87. The van der Waals surface area contributed by atoms with E-state index in [-0.39, 0.29) is 11.8 Å². The molecular formula is C14H17ClIN3O2. The highest BCUT2D eigenvalue weighted by molar-refractivity contribution is 14.1. The van der Waals surface area contributed by atoms with Crippen LogP contribution in [0.15, 0.2) is 18.2 Å². The van der Waals surface area contributed by atoms with Crippen LogP contribution in [0.3, 0.4) is 0 Å². The Balaban J connectivity index is 2.01. The molecular weight excluding hydrogens is 405 g/mol. The number of hydrogen-bond acceptors (Lipinski definition) is 2. The number of carbonyl (C=O) groups is 2. The largest absolute Gasteiger partial charge is 0.352 e. The van der Waals surface area contributed by atoms with Gasteiger partial charge in [0, 0.05) is 28.8 Å². The molecule has 3 amide bonds. The number of carbonyl (C=O) groups excluding carboxylic acids is 2. The number of hydrogen-bond donors (Lipinski definition) is 2. The van der Waals surface area contributed by atoms with Crippen LogP contribution < -0.4 is 11.1 Å². The van der Waals surface area contributed by atoms with Crippen LogP contribution in [0.5, 0.6) is 0 Å². The van der Waals surface area contributed by atoms with Crippen molar-refractivity contribution in [2.45, 2.75) is 12.8 Å². The van der Waals surface area contributed by atoms with Crippen LogP contribution in [0.4, 0.5) is 4.79 Å². The van der Waals surface area contributed by atoms with Gasteiger partial charge in [0.2, 0.25) is 0 Å². The van der Waals surface area contributed by atoms with Gasteiger partial charge in [-0.3, -0.25) is 4.79 Å². The van der Waals surface area contributed by atoms with Gasteiger partial charge in [0.05, 0.1) is 5.02 Å². The van der Waals surface area contributed by atoms with Crippen LogP contribution in [-0.4, -0.2) is 36.5 Å². The van der Waals surface area contributed by atoms with Gasteiger partial charge in [-0.2, -0.15) is 0 Å². The molecule has 21 heavy (non-hydrogen) atoms. The molecule has 1 fully saturated rings. The van der Waals surface area contributed by atoms with Crippen LogP contribution in [0.2, 0.25) is 5.02 Å². The van der Waals surface area contributed by atoms with E-state index in [1.807, 2.05) is 11.0 Å². The first kappa shape index (κ1) is 16.4. The topological polar surface area (TPSA) is 75.4 Å². The van der Waals surface area contributed by atoms with E-state index in [1.165, 1.54) is 0 Å². The number of piperidine rings is 1. The molecule has 1 heterocycles. The molecule has 0 aromatic heterocycles. The van der Waals surface area contributed by atoms with E-state index < -0.39 is 6.03 Å². The van der Waals surface area contributed by atoms with Crippen LogP contribution in [0, 0.1) is 9.49 Å². The molecule has 0 radical (unpaired) electrons. The molecule has 0 bridgehead atoms. The molecule has 2 rings (SSSR count). The molecule has 5 nitrogen and oxygen atoms in total. The summed E-state index contributed by atoms with van der Waals surface area (Å²) in [6, 6.07) is 4.81. The van der Waals surface area contributed by atoms with Crippen molar-refractivity contribution in [1.29, 1.82) is 0 Å². The van der Waals surface area contributed by atoms with E-state index in [0.29, 0.717) is 23.7 Å². The van der Waals surface area contributed by atoms with Gasteiger partial charge in [0.15, 0.2) is 0 Å². The van der Waals surface area contributed by atoms with E-state index >= 15 is 0 Å². The van der Waals surface area contributed by atoms with Crippen molar-refractivity contribution >= 4 is 46.1 Å². The zero-order chi connectivity index (χ0) is 15.4. The highest BCUT2D eigenvalue weighted by Gasteiger charge is 2.24. The third kappa shape index (κ3) is 4.47. The van der Waals surface area contributed by atoms with Gasteiger partial charge in [-0.15, -0.1) is 0 Å². The fourth-order valence-electron chi connectivity index (χ4n) is 2.47. The Labute approximate surface area is 142 Å². The molecule has 1 aliphatic rings. The number of halogens is 2. The first-order chi connectivity index (χ1) is 9.97. The molecule has 1 saturated heterocycles. The molecule has 1 aromatic rings. The van der Waals surface area contributed by atoms with Crippen LogP contribution in [0.1, 0.15) is 23.2 Å². The quantitative estimate of drug-likeness (QED) is 0.736. The summed E-state index contributed by atoms with van der Waals surface area (Å²) in [5, 5.41) is 3.20. The van der Waals surface area contributed by atoms with Crippen LogP contribution in [0.25, 0.3) is 0 Å². The average Bonchev–Trinajstić information content (AvgIpc) is 2.47. The highest BCUT2D eigenvalue weighted by atomic mass is 127. The second-order valence-electron chi connectivity index (χ2n) is 5.13. The van der Waals surface area contributed by atoms with Gasteiger partial charge in [-0.25, -0.2) is 4.79 Å². The van der Waals surface area contributed by atoms with E-state index in [4.69, 9.17) is 17.3 Å². The van der Waals surface area contributed by atoms with Gasteiger partial charge in [-0.05, 0) is 59.5 Å². The minimum absolute atomic E-state index is 0.0166. The normalized spacial score (nSPS) is 18.4. The van der Waals surface area contributed by atoms with Crippen LogP contribution in [-0.2, 0) is 0 Å². The Bertz CT molecular complexity index is 553. The van der Waals surface area contributed by atoms with Gasteiger partial charge < -0.3 is 16.0 Å². The number of nitrogens with one attached hydrogen (secondary N) is 1. The Morgan fingerprint density at radius 2 is 2.24 bits per heavy atom. The van der Waals surface area contributed by atoms with Crippen molar-refractivity contribution in [2.24, 2.45) is 11.7 Å². The third-order valence-electron chi connectivity index (χ3n) is 3.54. The van der Waals surface area contributed by atoms with E-state index in [0.717, 1.165) is 23.0 Å². The summed E-state index contributed by atoms with van der Waals surface area (Å²) in [6.07, 6.45) is 1.91. The minimum Gasteiger partial charge on any atom is -0.352 e. The third-order valence-corrected chi connectivity index (χ3v) is 5.11. The standard InChI is InChI=1S/C14H17ClIN3O2/c15-11-6-10(3-4-12(11)16)13(20)19-5-1-2-9(8-19)7-18-14(17)21/h3-4,6,9H,1-2,5,7-8H2,(H3,17,18,21). The molecule has 0 spiro atoms. The van der Waals surface area contributed by atoms with Crippen molar-refractivity contribution < 1.29 is 9.59 Å². The lowest BCUT2D eigenvalue weighted by Gasteiger charge is -2.32. The zero-order valence-corrected chi connectivity index (χ0v) is 14.4. The Morgan fingerprint density at radius 1 is 1.48 bits per heavy atom. The van der Waals surface area contributed by atoms with Crippen molar-refractivity contribution in [3.63, 3.8) is 0 Å². The molecule has 3 N–H and O–H groups in total. The van der Waals surface area contributed by atoms with Crippen molar-refractivity contribution in [3.8, 4) is 0 Å². The number of nitrogens with zero attached hydrogens (tertiary/aromatic N) is 1. The van der Waals surface area contributed by atoms with E-state index in [9.17, 15) is 9.59 Å². The second kappa shape index (κ2) is 7.31. The number of benzene rings is 1. The number of rotatable bonds is 3. The summed E-state index contributed by atoms with van der Waals surface area (Å²) in [4.78, 5) is 25.1. The monoisotopic (exact) mass is 421 g/mol. The summed E-state index contributed by atoms with van der Waals surface area (Å²) in [5.74, 6) is 0.228. The number of nitrogens with two attached hydrogens (primary N) is 1. The SMILES string of the molecule is NC(=O)NCC1CCCN(C(=O)c2ccc(I)c(Cl)c2)C1. The Morgan fingerprint density at radius 3 is 2.90 bits per heavy atom. The van der Waals surface area contributed by atoms with Gasteiger partial charge in [0.1, 0.15) is 0 Å². The van der Waals surface area contributed by atoms with E-state index in [1.54, 1.807) is 12.1 Å². The molecule has 1 unspecified atom stereocenters. The number of amides is 3. The van der Waals surface area contributed by atoms with Crippen LogP contribution >= 0.6 is 34.2 Å². The summed E-state index contributed by atoms with van der Waals surface area (Å²) in [7, 11) is 0. The minimum atomic E-state index is -0.525. The lowest BCUT2D eigenvalue weighted by molar-refractivity contribution is 0.0675. The maximum atomic E-state index is 12.5. The molecule has 7 heteroatoms. The molecule has 1 atom stereocenters. The first-order valence-corrected chi connectivity index (χ1v) is 8.20. The maximum absolute atomic E-state index is 12.5. The number of urea groups is 1. The summed E-state index contributed by atoms with van der Waals surface area (Å²) < 4.78 is 0.924. The Hall–Kier alpha value is -1.02. The number of likely N-dealkylation sites (tertiary alicyclic amines) is 1. The number of primary amides is 1. The average molecular weight is 422 g/mol. The molecule has 1 aromatic carbocycles. The fourth-order valence-corrected chi connectivity index (χ4v) is 2.99. The highest BCUT2D eigenvalue weighted by Crippen LogP contribution is 2.22. The fraction of sp³-hybridized carbons (Fsp3) is 0.429. The lowest BCUT2D eigenvalue weighted by Crippen LogP contribution is -2.44. The molecule has 0 aliphatic carbocycles. The summed E-state index contributed by atoms with van der Waals surface area (Å²) in [5.41, 5.74) is 5.68. The zero-order valence-electron chi connectivity index (χ0n) is 11.4.